The number of nitrogens with one attached hydrogen (secondary N) is 1. The Balaban J connectivity index is 1.96. The van der Waals surface area contributed by atoms with Crippen LogP contribution in [0.5, 0.6) is 0 Å². The van der Waals surface area contributed by atoms with Crippen LogP contribution in [0.25, 0.3) is 0 Å². The van der Waals surface area contributed by atoms with Crippen LogP contribution in [0.1, 0.15) is 12.8 Å². The molecule has 0 bridgehead atoms. The van der Waals surface area contributed by atoms with Crippen molar-refractivity contribution in [1.29, 1.82) is 0 Å². The second kappa shape index (κ2) is 6.22. The van der Waals surface area contributed by atoms with E-state index in [1.165, 1.54) is 6.42 Å². The summed E-state index contributed by atoms with van der Waals surface area (Å²) < 4.78 is 0.821. The van der Waals surface area contributed by atoms with Gasteiger partial charge in [0.05, 0.1) is 0 Å². The van der Waals surface area contributed by atoms with Crippen LogP contribution in [0.2, 0.25) is 4.71 Å². The topological polar surface area (TPSA) is 61.3 Å². The monoisotopic (exact) mass is 298 g/mol. The Labute approximate surface area is 110 Å². The average Bonchev–Trinajstić information content (AvgIpc) is 2.77. The second-order valence-electron chi connectivity index (χ2n) is 4.30. The molecule has 1 aliphatic rings. The van der Waals surface area contributed by atoms with Gasteiger partial charge in [0.25, 0.3) is 0 Å². The molecule has 6 heteroatoms. The van der Waals surface area contributed by atoms with Crippen molar-refractivity contribution in [2.24, 2.45) is 0 Å². The van der Waals surface area contributed by atoms with E-state index in [0.29, 0.717) is 0 Å². The Morgan fingerprint density at radius 1 is 1.59 bits per heavy atom. The summed E-state index contributed by atoms with van der Waals surface area (Å²) >= 11 is 1.82. The summed E-state index contributed by atoms with van der Waals surface area (Å²) in [6.45, 7) is 3.17. The first-order valence-electron chi connectivity index (χ1n) is 5.97. The SMILES string of the molecule is OCCCNc1cc(N2CCC([AsH2])C2)cnn1. The fourth-order valence-corrected chi connectivity index (χ4v) is 2.78. The number of hydrogen-bond acceptors (Lipinski definition) is 5. The number of aliphatic hydroxyl groups excluding tert-OH is 1. The van der Waals surface area contributed by atoms with Crippen LogP contribution in [0.4, 0.5) is 11.5 Å². The van der Waals surface area contributed by atoms with Gasteiger partial charge < -0.3 is 0 Å². The summed E-state index contributed by atoms with van der Waals surface area (Å²) in [5, 5.41) is 19.9. The van der Waals surface area contributed by atoms with Gasteiger partial charge in [0.15, 0.2) is 0 Å². The Kier molecular flexibility index (Phi) is 4.63. The van der Waals surface area contributed by atoms with Crippen molar-refractivity contribution in [3.8, 4) is 0 Å². The van der Waals surface area contributed by atoms with E-state index in [2.05, 4.69) is 20.4 Å². The van der Waals surface area contributed by atoms with E-state index in [-0.39, 0.29) is 6.61 Å². The average molecular weight is 298 g/mol. The van der Waals surface area contributed by atoms with Gasteiger partial charge in [0.2, 0.25) is 0 Å². The molecular formula is C11H19AsN4O. The molecule has 94 valence electrons. The van der Waals surface area contributed by atoms with Crippen LogP contribution < -0.4 is 10.2 Å². The molecule has 0 spiro atoms. The summed E-state index contributed by atoms with van der Waals surface area (Å²) in [6.07, 6.45) is 3.83. The molecule has 1 saturated heterocycles. The van der Waals surface area contributed by atoms with Crippen molar-refractivity contribution >= 4 is 28.4 Å². The van der Waals surface area contributed by atoms with Crippen molar-refractivity contribution in [3.05, 3.63) is 12.3 Å². The Morgan fingerprint density at radius 3 is 3.18 bits per heavy atom. The molecule has 5 nitrogen and oxygen atoms in total. The van der Waals surface area contributed by atoms with E-state index in [1.54, 1.807) is 0 Å². The summed E-state index contributed by atoms with van der Waals surface area (Å²) in [5.74, 6) is 0.793. The summed E-state index contributed by atoms with van der Waals surface area (Å²) in [7, 11) is 0. The Hall–Kier alpha value is -0.802. The number of anilines is 2. The van der Waals surface area contributed by atoms with E-state index in [1.807, 2.05) is 29.1 Å². The van der Waals surface area contributed by atoms with Crippen molar-refractivity contribution in [1.82, 2.24) is 10.2 Å². The van der Waals surface area contributed by atoms with E-state index < -0.39 is 0 Å². The Bertz CT molecular complexity index is 363. The van der Waals surface area contributed by atoms with Crippen molar-refractivity contribution in [2.45, 2.75) is 17.5 Å². The van der Waals surface area contributed by atoms with Gasteiger partial charge in [-0.2, -0.15) is 0 Å². The first-order chi connectivity index (χ1) is 8.29. The van der Waals surface area contributed by atoms with Crippen molar-refractivity contribution < 1.29 is 5.11 Å². The van der Waals surface area contributed by atoms with E-state index in [0.717, 1.165) is 42.3 Å². The zero-order chi connectivity index (χ0) is 12.1. The number of rotatable bonds is 5. The first kappa shape index (κ1) is 12.7. The third kappa shape index (κ3) is 3.58. The van der Waals surface area contributed by atoms with Gasteiger partial charge in [-0.05, 0) is 0 Å². The van der Waals surface area contributed by atoms with Crippen LogP contribution in [-0.2, 0) is 0 Å². The predicted molar refractivity (Wildman–Crippen MR) is 71.3 cm³/mol. The van der Waals surface area contributed by atoms with Gasteiger partial charge in [0.1, 0.15) is 0 Å². The van der Waals surface area contributed by atoms with Gasteiger partial charge in [-0.3, -0.25) is 0 Å². The molecule has 1 aromatic rings. The standard InChI is InChI=1S/C11H19AsN4O/c12-9-2-4-16(8-9)10-6-11(15-14-7-10)13-3-1-5-17/h6-7,9,17H,1-5,8,12H2,(H,13,15). The third-order valence-corrected chi connectivity index (χ3v) is 4.01. The molecule has 0 amide bonds. The van der Waals surface area contributed by atoms with Gasteiger partial charge in [-0.25, -0.2) is 0 Å². The molecule has 1 aliphatic heterocycles. The fourth-order valence-electron chi connectivity index (χ4n) is 1.93. The van der Waals surface area contributed by atoms with Crippen molar-refractivity contribution in [3.63, 3.8) is 0 Å². The maximum atomic E-state index is 8.72. The molecule has 0 aromatic carbocycles. The van der Waals surface area contributed by atoms with Crippen LogP contribution >= 0.6 is 0 Å². The fraction of sp³-hybridized carbons (Fsp3) is 0.636. The number of hydrogen-bond donors (Lipinski definition) is 2. The zero-order valence-corrected chi connectivity index (χ0v) is 12.3. The maximum absolute atomic E-state index is 8.72. The quantitative estimate of drug-likeness (QED) is 0.587. The van der Waals surface area contributed by atoms with E-state index in [4.69, 9.17) is 5.11 Å². The predicted octanol–water partition coefficient (Wildman–Crippen LogP) is -0.0974. The minimum atomic E-state index is 0.200. The molecule has 0 radical (unpaired) electrons. The molecule has 1 aromatic heterocycles. The molecule has 2 unspecified atom stereocenters. The Morgan fingerprint density at radius 2 is 2.47 bits per heavy atom. The molecule has 1 fully saturated rings. The van der Waals surface area contributed by atoms with E-state index >= 15 is 0 Å². The number of aliphatic hydroxyl groups is 1. The number of nitrogens with zero attached hydrogens (tertiary/aromatic N) is 3. The van der Waals surface area contributed by atoms with Gasteiger partial charge >= 0.3 is 110 Å². The third-order valence-electron chi connectivity index (χ3n) is 2.87. The van der Waals surface area contributed by atoms with Crippen LogP contribution in [-0.4, -0.2) is 58.4 Å². The minimum absolute atomic E-state index is 0.200. The summed E-state index contributed by atoms with van der Waals surface area (Å²) in [6, 6.07) is 2.04. The van der Waals surface area contributed by atoms with Gasteiger partial charge in [-0.1, -0.05) is 0 Å². The zero-order valence-electron chi connectivity index (χ0n) is 9.84. The molecule has 0 aliphatic carbocycles. The van der Waals surface area contributed by atoms with Gasteiger partial charge in [-0.15, -0.1) is 0 Å². The summed E-state index contributed by atoms with van der Waals surface area (Å²) in [5.41, 5.74) is 1.15. The van der Waals surface area contributed by atoms with E-state index in [9.17, 15) is 0 Å². The molecule has 2 atom stereocenters. The molecular weight excluding hydrogens is 279 g/mol. The van der Waals surface area contributed by atoms with Crippen LogP contribution in [0.3, 0.4) is 0 Å². The molecule has 2 N–H and O–H groups in total. The van der Waals surface area contributed by atoms with Crippen LogP contribution in [0, 0.1) is 0 Å². The summed E-state index contributed by atoms with van der Waals surface area (Å²) in [4.78, 5) is 2.36. The first-order valence-corrected chi connectivity index (χ1v) is 7.37. The van der Waals surface area contributed by atoms with Crippen LogP contribution in [0.15, 0.2) is 12.3 Å². The van der Waals surface area contributed by atoms with Crippen molar-refractivity contribution in [2.75, 3.05) is 36.5 Å². The molecule has 0 saturated carbocycles. The van der Waals surface area contributed by atoms with Gasteiger partial charge in [0, 0.05) is 0 Å². The number of aromatic nitrogens is 2. The second-order valence-corrected chi connectivity index (χ2v) is 6.28. The molecule has 2 rings (SSSR count). The molecule has 2 heterocycles. The molecule has 17 heavy (non-hydrogen) atoms. The normalized spacial score (nSPS) is 19.6.